The average molecular weight is 465 g/mol. The fourth-order valence-electron chi connectivity index (χ4n) is 4.44. The van der Waals surface area contributed by atoms with Crippen LogP contribution in [0.5, 0.6) is 0 Å². The van der Waals surface area contributed by atoms with Crippen molar-refractivity contribution in [3.63, 3.8) is 0 Å². The van der Waals surface area contributed by atoms with E-state index in [2.05, 4.69) is 12.2 Å². The number of ether oxygens (including phenoxy) is 1. The fraction of sp³-hybridized carbons (Fsp3) is 0.423. The molecule has 8 heteroatoms. The van der Waals surface area contributed by atoms with Gasteiger partial charge in [-0.05, 0) is 43.7 Å². The number of unbranched alkanes of at least 4 members (excludes halogenated alkanes) is 1. The van der Waals surface area contributed by atoms with E-state index in [9.17, 15) is 14.4 Å². The van der Waals surface area contributed by atoms with Gasteiger partial charge in [0.1, 0.15) is 6.17 Å². The van der Waals surface area contributed by atoms with Crippen molar-refractivity contribution in [1.29, 1.82) is 0 Å². The van der Waals surface area contributed by atoms with E-state index in [1.165, 1.54) is 0 Å². The van der Waals surface area contributed by atoms with Crippen LogP contribution in [0.25, 0.3) is 0 Å². The second-order valence-corrected chi connectivity index (χ2v) is 8.54. The number of carbonyl (C=O) groups excluding carboxylic acids is 3. The zero-order valence-electron chi connectivity index (χ0n) is 19.8. The molecule has 4 rings (SSSR count). The van der Waals surface area contributed by atoms with Gasteiger partial charge in [0.15, 0.2) is 0 Å². The highest BCUT2D eigenvalue weighted by atomic mass is 16.6. The van der Waals surface area contributed by atoms with Crippen LogP contribution in [0.1, 0.15) is 59.1 Å². The lowest BCUT2D eigenvalue weighted by atomic mass is 10.1. The van der Waals surface area contributed by atoms with Crippen LogP contribution in [0.2, 0.25) is 0 Å². The Balaban J connectivity index is 1.41. The molecule has 34 heavy (non-hydrogen) atoms. The number of carbonyl (C=O) groups is 3. The maximum absolute atomic E-state index is 13.0. The second-order valence-electron chi connectivity index (χ2n) is 8.54. The third-order valence-electron chi connectivity index (χ3n) is 6.34. The first kappa shape index (κ1) is 23.6. The first-order valence-corrected chi connectivity index (χ1v) is 12.0. The smallest absolute Gasteiger partial charge is 0.409 e. The van der Waals surface area contributed by atoms with Crippen LogP contribution in [0.15, 0.2) is 48.5 Å². The number of hydrogen-bond donors (Lipinski definition) is 1. The number of amides is 3. The largest absolute Gasteiger partial charge is 0.450 e. The van der Waals surface area contributed by atoms with Crippen LogP contribution >= 0.6 is 0 Å². The van der Waals surface area contributed by atoms with E-state index in [1.807, 2.05) is 41.3 Å². The first-order chi connectivity index (χ1) is 16.5. The molecular weight excluding hydrogens is 432 g/mol. The molecule has 0 saturated carbocycles. The van der Waals surface area contributed by atoms with Gasteiger partial charge >= 0.3 is 6.09 Å². The van der Waals surface area contributed by atoms with Gasteiger partial charge < -0.3 is 24.8 Å². The molecule has 1 fully saturated rings. The Kier molecular flexibility index (Phi) is 7.35. The van der Waals surface area contributed by atoms with Crippen LogP contribution in [0.4, 0.5) is 10.5 Å². The standard InChI is InChI=1S/C26H32N4O4/c1-3-5-14-30-23(21-8-6-7-9-22(21)25(30)32)27-20-12-10-19(11-13-20)24(31)28-15-17-29(18-16-28)26(33)34-4-2/h6-13,23,27H,3-5,14-18H2,1-2H3. The number of nitrogens with zero attached hydrogens (tertiary/aromatic N) is 3. The predicted molar refractivity (Wildman–Crippen MR) is 130 cm³/mol. The summed E-state index contributed by atoms with van der Waals surface area (Å²) in [6.45, 7) is 6.81. The van der Waals surface area contributed by atoms with Crippen molar-refractivity contribution in [3.8, 4) is 0 Å². The Labute approximate surface area is 200 Å². The molecular formula is C26H32N4O4. The minimum absolute atomic E-state index is 0.0512. The minimum atomic E-state index is -0.329. The van der Waals surface area contributed by atoms with Crippen molar-refractivity contribution in [1.82, 2.24) is 14.7 Å². The van der Waals surface area contributed by atoms with E-state index in [0.29, 0.717) is 44.9 Å². The summed E-state index contributed by atoms with van der Waals surface area (Å²) in [5.41, 5.74) is 3.16. The van der Waals surface area contributed by atoms with Gasteiger partial charge in [0.05, 0.1) is 6.61 Å². The molecule has 0 bridgehead atoms. The Morgan fingerprint density at radius 1 is 0.971 bits per heavy atom. The molecule has 180 valence electrons. The Morgan fingerprint density at radius 3 is 2.32 bits per heavy atom. The van der Waals surface area contributed by atoms with Crippen LogP contribution in [-0.2, 0) is 4.74 Å². The fourth-order valence-corrected chi connectivity index (χ4v) is 4.44. The molecule has 2 aliphatic rings. The lowest BCUT2D eigenvalue weighted by Gasteiger charge is -2.34. The number of nitrogens with one attached hydrogen (secondary N) is 1. The van der Waals surface area contributed by atoms with Gasteiger partial charge in [-0.2, -0.15) is 0 Å². The van der Waals surface area contributed by atoms with Gasteiger partial charge in [-0.3, -0.25) is 9.59 Å². The minimum Gasteiger partial charge on any atom is -0.450 e. The summed E-state index contributed by atoms with van der Waals surface area (Å²) in [6.07, 6.45) is 1.39. The molecule has 2 aromatic rings. The van der Waals surface area contributed by atoms with Crippen molar-refractivity contribution in [2.45, 2.75) is 32.9 Å². The molecule has 0 radical (unpaired) electrons. The Morgan fingerprint density at radius 2 is 1.65 bits per heavy atom. The van der Waals surface area contributed by atoms with Crippen molar-refractivity contribution in [3.05, 3.63) is 65.2 Å². The van der Waals surface area contributed by atoms with E-state index in [4.69, 9.17) is 4.74 Å². The summed E-state index contributed by atoms with van der Waals surface area (Å²) in [4.78, 5) is 43.0. The molecule has 1 saturated heterocycles. The van der Waals surface area contributed by atoms with Crippen LogP contribution < -0.4 is 5.32 Å². The number of fused-ring (bicyclic) bond motifs is 1. The number of anilines is 1. The molecule has 0 aromatic heterocycles. The summed E-state index contributed by atoms with van der Waals surface area (Å²) in [7, 11) is 0. The Hall–Kier alpha value is -3.55. The van der Waals surface area contributed by atoms with Gasteiger partial charge in [0.25, 0.3) is 11.8 Å². The third kappa shape index (κ3) is 4.85. The second kappa shape index (κ2) is 10.6. The molecule has 3 amide bonds. The lowest BCUT2D eigenvalue weighted by molar-refractivity contribution is 0.0570. The van der Waals surface area contributed by atoms with Crippen LogP contribution in [0, 0.1) is 0 Å². The normalized spacial score (nSPS) is 17.5. The van der Waals surface area contributed by atoms with Gasteiger partial charge in [0, 0.05) is 55.1 Å². The monoisotopic (exact) mass is 464 g/mol. The lowest BCUT2D eigenvalue weighted by Crippen LogP contribution is -2.50. The zero-order valence-corrected chi connectivity index (χ0v) is 19.8. The number of rotatable bonds is 7. The van der Waals surface area contributed by atoms with Crippen LogP contribution in [0.3, 0.4) is 0 Å². The summed E-state index contributed by atoms with van der Waals surface area (Å²) in [5.74, 6) is -0.00340. The average Bonchev–Trinajstić information content (AvgIpc) is 3.13. The first-order valence-electron chi connectivity index (χ1n) is 12.0. The van der Waals surface area contributed by atoms with Crippen molar-refractivity contribution >= 4 is 23.6 Å². The van der Waals surface area contributed by atoms with Crippen LogP contribution in [-0.4, -0.2) is 71.9 Å². The van der Waals surface area contributed by atoms with Crippen molar-refractivity contribution in [2.75, 3.05) is 44.6 Å². The molecule has 0 spiro atoms. The molecule has 2 heterocycles. The SMILES string of the molecule is CCCCN1C(=O)c2ccccc2C1Nc1ccc(C(=O)N2CCN(C(=O)OCC)CC2)cc1. The Bertz CT molecular complexity index is 1030. The van der Waals surface area contributed by atoms with E-state index in [0.717, 1.165) is 29.7 Å². The van der Waals surface area contributed by atoms with Gasteiger partial charge in [-0.1, -0.05) is 31.5 Å². The summed E-state index contributed by atoms with van der Waals surface area (Å²) in [6, 6.07) is 15.1. The predicted octanol–water partition coefficient (Wildman–Crippen LogP) is 3.97. The number of hydrogen-bond acceptors (Lipinski definition) is 5. The van der Waals surface area contributed by atoms with Gasteiger partial charge in [0.2, 0.25) is 0 Å². The summed E-state index contributed by atoms with van der Waals surface area (Å²) < 4.78 is 5.04. The van der Waals surface area contributed by atoms with Gasteiger partial charge in [-0.25, -0.2) is 4.79 Å². The molecule has 1 atom stereocenters. The number of piperazine rings is 1. The molecule has 2 aromatic carbocycles. The van der Waals surface area contributed by atoms with E-state index < -0.39 is 0 Å². The summed E-state index contributed by atoms with van der Waals surface area (Å²) in [5, 5.41) is 3.48. The molecule has 0 aliphatic carbocycles. The maximum Gasteiger partial charge on any atom is 0.409 e. The number of benzene rings is 2. The zero-order chi connectivity index (χ0) is 24.1. The molecule has 2 aliphatic heterocycles. The topological polar surface area (TPSA) is 82.2 Å². The molecule has 1 unspecified atom stereocenters. The van der Waals surface area contributed by atoms with E-state index in [-0.39, 0.29) is 24.1 Å². The maximum atomic E-state index is 13.0. The highest BCUT2D eigenvalue weighted by molar-refractivity contribution is 5.99. The van der Waals surface area contributed by atoms with Crippen molar-refractivity contribution in [2.24, 2.45) is 0 Å². The third-order valence-corrected chi connectivity index (χ3v) is 6.34. The summed E-state index contributed by atoms with van der Waals surface area (Å²) >= 11 is 0. The van der Waals surface area contributed by atoms with E-state index in [1.54, 1.807) is 28.9 Å². The molecule has 8 nitrogen and oxygen atoms in total. The van der Waals surface area contributed by atoms with Crippen molar-refractivity contribution < 1.29 is 19.1 Å². The van der Waals surface area contributed by atoms with E-state index >= 15 is 0 Å². The highest BCUT2D eigenvalue weighted by Gasteiger charge is 2.36. The highest BCUT2D eigenvalue weighted by Crippen LogP contribution is 2.34. The molecule has 1 N–H and O–H groups in total. The van der Waals surface area contributed by atoms with Gasteiger partial charge in [-0.15, -0.1) is 0 Å². The quantitative estimate of drug-likeness (QED) is 0.671.